The molecular weight excluding hydrogens is 154 g/mol. The SMILES string of the molecule is CC(O)CN(C=O)CC(C)(C)C. The first-order chi connectivity index (χ1) is 5.35. The summed E-state index contributed by atoms with van der Waals surface area (Å²) in [5.41, 5.74) is 0.0931. The van der Waals surface area contributed by atoms with E-state index in [4.69, 9.17) is 5.11 Å². The van der Waals surface area contributed by atoms with Crippen molar-refractivity contribution >= 4 is 6.41 Å². The van der Waals surface area contributed by atoms with Crippen molar-refractivity contribution in [2.75, 3.05) is 13.1 Å². The minimum Gasteiger partial charge on any atom is -0.392 e. The summed E-state index contributed by atoms with van der Waals surface area (Å²) in [6, 6.07) is 0. The summed E-state index contributed by atoms with van der Waals surface area (Å²) in [6.45, 7) is 8.96. The van der Waals surface area contributed by atoms with Crippen molar-refractivity contribution in [2.24, 2.45) is 5.41 Å². The maximum Gasteiger partial charge on any atom is 0.209 e. The number of aliphatic hydroxyl groups is 1. The minimum absolute atomic E-state index is 0.0931. The van der Waals surface area contributed by atoms with E-state index in [1.54, 1.807) is 11.8 Å². The Hall–Kier alpha value is -0.570. The van der Waals surface area contributed by atoms with Gasteiger partial charge < -0.3 is 10.0 Å². The number of amides is 1. The van der Waals surface area contributed by atoms with Crippen LogP contribution in [0, 0.1) is 5.41 Å². The Morgan fingerprint density at radius 2 is 2.00 bits per heavy atom. The molecular formula is C9H19NO2. The molecule has 0 saturated heterocycles. The van der Waals surface area contributed by atoms with Crippen LogP contribution in [0.25, 0.3) is 0 Å². The zero-order chi connectivity index (χ0) is 9.78. The van der Waals surface area contributed by atoms with Gasteiger partial charge >= 0.3 is 0 Å². The Kier molecular flexibility index (Phi) is 4.24. The Morgan fingerprint density at radius 1 is 1.50 bits per heavy atom. The predicted octanol–water partition coefficient (Wildman–Crippen LogP) is 0.872. The van der Waals surface area contributed by atoms with Crippen molar-refractivity contribution in [3.63, 3.8) is 0 Å². The van der Waals surface area contributed by atoms with Gasteiger partial charge in [0.25, 0.3) is 0 Å². The standard InChI is InChI=1S/C9H19NO2/c1-8(12)5-10(7-11)6-9(2,3)4/h7-8,12H,5-6H2,1-4H3. The molecule has 3 heteroatoms. The fraction of sp³-hybridized carbons (Fsp3) is 0.889. The highest BCUT2D eigenvalue weighted by Gasteiger charge is 2.15. The van der Waals surface area contributed by atoms with Crippen LogP contribution in [-0.4, -0.2) is 35.6 Å². The number of carbonyl (C=O) groups is 1. The summed E-state index contributed by atoms with van der Waals surface area (Å²) in [5, 5.41) is 9.05. The number of carbonyl (C=O) groups excluding carboxylic acids is 1. The molecule has 0 aliphatic carbocycles. The summed E-state index contributed by atoms with van der Waals surface area (Å²) in [4.78, 5) is 12.1. The van der Waals surface area contributed by atoms with Gasteiger partial charge in [0.05, 0.1) is 6.10 Å². The van der Waals surface area contributed by atoms with E-state index in [1.165, 1.54) is 0 Å². The average Bonchev–Trinajstić information content (AvgIpc) is 1.82. The molecule has 0 spiro atoms. The highest BCUT2D eigenvalue weighted by atomic mass is 16.3. The normalized spacial score (nSPS) is 14.1. The lowest BCUT2D eigenvalue weighted by Crippen LogP contribution is -2.36. The molecule has 0 aliphatic heterocycles. The number of hydrogen-bond acceptors (Lipinski definition) is 2. The number of hydrogen-bond donors (Lipinski definition) is 1. The summed E-state index contributed by atoms with van der Waals surface area (Å²) >= 11 is 0. The molecule has 12 heavy (non-hydrogen) atoms. The van der Waals surface area contributed by atoms with Crippen molar-refractivity contribution in [1.29, 1.82) is 0 Å². The zero-order valence-electron chi connectivity index (χ0n) is 8.37. The molecule has 0 aromatic heterocycles. The zero-order valence-corrected chi connectivity index (χ0v) is 8.37. The Labute approximate surface area is 74.4 Å². The molecule has 0 fully saturated rings. The van der Waals surface area contributed by atoms with Crippen molar-refractivity contribution < 1.29 is 9.90 Å². The molecule has 0 aromatic carbocycles. The van der Waals surface area contributed by atoms with Gasteiger partial charge in [0.2, 0.25) is 6.41 Å². The van der Waals surface area contributed by atoms with Crippen molar-refractivity contribution in [3.8, 4) is 0 Å². The van der Waals surface area contributed by atoms with Crippen LogP contribution in [0.4, 0.5) is 0 Å². The smallest absolute Gasteiger partial charge is 0.209 e. The van der Waals surface area contributed by atoms with Crippen molar-refractivity contribution in [1.82, 2.24) is 4.90 Å². The summed E-state index contributed by atoms with van der Waals surface area (Å²) in [5.74, 6) is 0. The lowest BCUT2D eigenvalue weighted by molar-refractivity contribution is -0.120. The number of rotatable bonds is 4. The number of aliphatic hydroxyl groups excluding tert-OH is 1. The number of nitrogens with zero attached hydrogens (tertiary/aromatic N) is 1. The fourth-order valence-electron chi connectivity index (χ4n) is 1.09. The van der Waals surface area contributed by atoms with Gasteiger partial charge in [-0.3, -0.25) is 4.79 Å². The van der Waals surface area contributed by atoms with E-state index >= 15 is 0 Å². The predicted molar refractivity (Wildman–Crippen MR) is 48.8 cm³/mol. The van der Waals surface area contributed by atoms with Gasteiger partial charge in [0, 0.05) is 13.1 Å². The van der Waals surface area contributed by atoms with Crippen LogP contribution in [0.15, 0.2) is 0 Å². The largest absolute Gasteiger partial charge is 0.392 e. The van der Waals surface area contributed by atoms with Crippen LogP contribution < -0.4 is 0 Å². The Balaban J connectivity index is 3.92. The second-order valence-corrected chi connectivity index (χ2v) is 4.44. The molecule has 0 radical (unpaired) electrons. The molecule has 1 N–H and O–H groups in total. The highest BCUT2D eigenvalue weighted by Crippen LogP contribution is 2.14. The van der Waals surface area contributed by atoms with Crippen LogP contribution in [0.5, 0.6) is 0 Å². The minimum atomic E-state index is -0.447. The van der Waals surface area contributed by atoms with E-state index < -0.39 is 6.10 Å². The third kappa shape index (κ3) is 6.16. The third-order valence-corrected chi connectivity index (χ3v) is 1.33. The summed E-state index contributed by atoms with van der Waals surface area (Å²) < 4.78 is 0. The first kappa shape index (κ1) is 11.4. The van der Waals surface area contributed by atoms with Crippen molar-refractivity contribution in [2.45, 2.75) is 33.8 Å². The van der Waals surface area contributed by atoms with Gasteiger partial charge in [-0.1, -0.05) is 20.8 Å². The van der Waals surface area contributed by atoms with Gasteiger partial charge in [-0.25, -0.2) is 0 Å². The first-order valence-corrected chi connectivity index (χ1v) is 4.22. The highest BCUT2D eigenvalue weighted by molar-refractivity contribution is 5.47. The maximum atomic E-state index is 10.5. The molecule has 0 rings (SSSR count). The fourth-order valence-corrected chi connectivity index (χ4v) is 1.09. The van der Waals surface area contributed by atoms with Crippen LogP contribution in [0.2, 0.25) is 0 Å². The van der Waals surface area contributed by atoms with E-state index in [0.29, 0.717) is 13.1 Å². The van der Waals surface area contributed by atoms with Crippen LogP contribution in [0.1, 0.15) is 27.7 Å². The molecule has 1 atom stereocenters. The molecule has 0 heterocycles. The Morgan fingerprint density at radius 3 is 2.25 bits per heavy atom. The Bertz CT molecular complexity index is 138. The van der Waals surface area contributed by atoms with Crippen LogP contribution in [-0.2, 0) is 4.79 Å². The van der Waals surface area contributed by atoms with E-state index in [0.717, 1.165) is 6.41 Å². The molecule has 1 amide bonds. The monoisotopic (exact) mass is 173 g/mol. The van der Waals surface area contributed by atoms with Crippen LogP contribution in [0.3, 0.4) is 0 Å². The lowest BCUT2D eigenvalue weighted by atomic mass is 9.96. The maximum absolute atomic E-state index is 10.5. The molecule has 0 bridgehead atoms. The molecule has 0 saturated carbocycles. The van der Waals surface area contributed by atoms with E-state index in [2.05, 4.69) is 20.8 Å². The topological polar surface area (TPSA) is 40.5 Å². The van der Waals surface area contributed by atoms with Gasteiger partial charge in [-0.05, 0) is 12.3 Å². The lowest BCUT2D eigenvalue weighted by Gasteiger charge is -2.27. The van der Waals surface area contributed by atoms with E-state index in [-0.39, 0.29) is 5.41 Å². The van der Waals surface area contributed by atoms with Gasteiger partial charge in [0.1, 0.15) is 0 Å². The molecule has 1 unspecified atom stereocenters. The molecule has 0 aromatic rings. The molecule has 72 valence electrons. The van der Waals surface area contributed by atoms with E-state index in [1.807, 2.05) is 0 Å². The molecule has 3 nitrogen and oxygen atoms in total. The second-order valence-electron chi connectivity index (χ2n) is 4.44. The quantitative estimate of drug-likeness (QED) is 0.641. The van der Waals surface area contributed by atoms with Crippen molar-refractivity contribution in [3.05, 3.63) is 0 Å². The third-order valence-electron chi connectivity index (χ3n) is 1.33. The van der Waals surface area contributed by atoms with Crippen LogP contribution >= 0.6 is 0 Å². The first-order valence-electron chi connectivity index (χ1n) is 4.22. The van der Waals surface area contributed by atoms with Gasteiger partial charge in [0.15, 0.2) is 0 Å². The summed E-state index contributed by atoms with van der Waals surface area (Å²) in [6.07, 6.45) is 0.343. The average molecular weight is 173 g/mol. The van der Waals surface area contributed by atoms with Gasteiger partial charge in [-0.15, -0.1) is 0 Å². The second kappa shape index (κ2) is 4.45. The van der Waals surface area contributed by atoms with E-state index in [9.17, 15) is 4.79 Å². The molecule has 0 aliphatic rings. The summed E-state index contributed by atoms with van der Waals surface area (Å²) in [7, 11) is 0. The van der Waals surface area contributed by atoms with Gasteiger partial charge in [-0.2, -0.15) is 0 Å².